The van der Waals surface area contributed by atoms with Gasteiger partial charge in [0.15, 0.2) is 5.78 Å². The van der Waals surface area contributed by atoms with Crippen LogP contribution in [0.3, 0.4) is 0 Å². The maximum atomic E-state index is 11.1. The second kappa shape index (κ2) is 4.77. The molecule has 1 aromatic rings. The molecule has 0 fully saturated rings. The maximum absolute atomic E-state index is 11.1. The number of nitriles is 1. The van der Waals surface area contributed by atoms with E-state index in [0.29, 0.717) is 0 Å². The molecule has 0 aliphatic rings. The number of carbonyl (C=O) groups is 2. The fourth-order valence-electron chi connectivity index (χ4n) is 1.26. The van der Waals surface area contributed by atoms with Gasteiger partial charge in [0, 0.05) is 0 Å². The van der Waals surface area contributed by atoms with Crippen molar-refractivity contribution in [3.63, 3.8) is 0 Å². The number of aromatic carboxylic acids is 1. The second-order valence-corrected chi connectivity index (χ2v) is 3.63. The number of nitrogens with zero attached hydrogens (tertiary/aromatic N) is 1. The molecule has 1 unspecified atom stereocenters. The minimum absolute atomic E-state index is 0.0609. The number of alkyl halides is 1. The minimum atomic E-state index is -1.17. The Morgan fingerprint density at radius 2 is 2.12 bits per heavy atom. The molecular weight excluding hydrogens is 230 g/mol. The molecule has 0 amide bonds. The Morgan fingerprint density at radius 1 is 1.50 bits per heavy atom. The number of hydrogen-bond donors (Lipinski definition) is 1. The van der Waals surface area contributed by atoms with Gasteiger partial charge in [0.25, 0.3) is 0 Å². The Morgan fingerprint density at radius 3 is 2.56 bits per heavy atom. The third-order valence-electron chi connectivity index (χ3n) is 2.04. The first-order valence-corrected chi connectivity index (χ1v) is 4.83. The van der Waals surface area contributed by atoms with Crippen molar-refractivity contribution in [1.29, 1.82) is 5.26 Å². The highest BCUT2D eigenvalue weighted by atomic mass is 35.5. The van der Waals surface area contributed by atoms with Crippen LogP contribution in [0.5, 0.6) is 0 Å². The summed E-state index contributed by atoms with van der Waals surface area (Å²) in [7, 11) is 0. The summed E-state index contributed by atoms with van der Waals surface area (Å²) in [5, 5.41) is 16.6. The zero-order chi connectivity index (χ0) is 12.3. The van der Waals surface area contributed by atoms with Crippen molar-refractivity contribution in [3.05, 3.63) is 34.9 Å². The van der Waals surface area contributed by atoms with Gasteiger partial charge < -0.3 is 5.11 Å². The lowest BCUT2D eigenvalue weighted by atomic mass is 10.00. The van der Waals surface area contributed by atoms with Gasteiger partial charge in [-0.3, -0.25) is 4.79 Å². The van der Waals surface area contributed by atoms with Gasteiger partial charge in [0.2, 0.25) is 0 Å². The summed E-state index contributed by atoms with van der Waals surface area (Å²) in [6.07, 6.45) is 0. The van der Waals surface area contributed by atoms with E-state index in [2.05, 4.69) is 0 Å². The van der Waals surface area contributed by atoms with Gasteiger partial charge in [0.1, 0.15) is 5.38 Å². The first kappa shape index (κ1) is 12.2. The lowest BCUT2D eigenvalue weighted by Crippen LogP contribution is -2.09. The molecule has 0 radical (unpaired) electrons. The van der Waals surface area contributed by atoms with Gasteiger partial charge in [-0.2, -0.15) is 5.26 Å². The first-order valence-electron chi connectivity index (χ1n) is 4.39. The maximum Gasteiger partial charge on any atom is 0.336 e. The van der Waals surface area contributed by atoms with Crippen molar-refractivity contribution in [2.75, 3.05) is 0 Å². The van der Waals surface area contributed by atoms with Crippen LogP contribution >= 0.6 is 11.6 Å². The average Bonchev–Trinajstić information content (AvgIpc) is 2.26. The molecule has 16 heavy (non-hydrogen) atoms. The Hall–Kier alpha value is -1.86. The molecule has 0 bridgehead atoms. The topological polar surface area (TPSA) is 78.2 Å². The zero-order valence-corrected chi connectivity index (χ0v) is 9.15. The largest absolute Gasteiger partial charge is 0.478 e. The van der Waals surface area contributed by atoms with E-state index in [1.54, 1.807) is 0 Å². The molecule has 5 heteroatoms. The fraction of sp³-hybridized carbons (Fsp3) is 0.182. The van der Waals surface area contributed by atoms with E-state index in [-0.39, 0.29) is 22.5 Å². The van der Waals surface area contributed by atoms with Gasteiger partial charge >= 0.3 is 5.97 Å². The number of hydrogen-bond acceptors (Lipinski definition) is 3. The molecule has 1 atom stereocenters. The molecule has 82 valence electrons. The monoisotopic (exact) mass is 237 g/mol. The van der Waals surface area contributed by atoms with Crippen LogP contribution in [0.25, 0.3) is 0 Å². The van der Waals surface area contributed by atoms with Crippen LogP contribution in [-0.2, 0) is 4.79 Å². The Labute approximate surface area is 97.1 Å². The normalized spacial score (nSPS) is 11.6. The molecular formula is C11H8ClNO3. The zero-order valence-electron chi connectivity index (χ0n) is 8.40. The predicted octanol–water partition coefficient (Wildman–Crippen LogP) is 2.13. The molecule has 1 rings (SSSR count). The van der Waals surface area contributed by atoms with Gasteiger partial charge in [-0.15, -0.1) is 11.6 Å². The fourth-order valence-corrected chi connectivity index (χ4v) is 1.44. The molecule has 0 saturated carbocycles. The van der Waals surface area contributed by atoms with Gasteiger partial charge in [-0.05, 0) is 30.7 Å². The second-order valence-electron chi connectivity index (χ2n) is 3.19. The van der Waals surface area contributed by atoms with Crippen molar-refractivity contribution in [2.45, 2.75) is 12.3 Å². The number of halogens is 1. The average molecular weight is 238 g/mol. The van der Waals surface area contributed by atoms with Crippen molar-refractivity contribution in [2.24, 2.45) is 0 Å². The summed E-state index contributed by atoms with van der Waals surface area (Å²) in [4.78, 5) is 22.0. The molecule has 0 heterocycles. The van der Waals surface area contributed by atoms with E-state index in [9.17, 15) is 9.59 Å². The number of carboxylic acid groups (broad SMARTS) is 1. The summed E-state index contributed by atoms with van der Waals surface area (Å²) in [6, 6.07) is 5.83. The molecule has 0 aliphatic heterocycles. The van der Waals surface area contributed by atoms with Crippen LogP contribution in [0.2, 0.25) is 0 Å². The molecule has 0 aliphatic carbocycles. The number of ketones is 1. The summed E-state index contributed by atoms with van der Waals surface area (Å²) in [6.45, 7) is 1.27. The van der Waals surface area contributed by atoms with E-state index < -0.39 is 11.3 Å². The van der Waals surface area contributed by atoms with Crippen LogP contribution in [0.4, 0.5) is 0 Å². The van der Waals surface area contributed by atoms with Crippen molar-refractivity contribution in [3.8, 4) is 6.07 Å². The minimum Gasteiger partial charge on any atom is -0.478 e. The van der Waals surface area contributed by atoms with E-state index in [1.807, 2.05) is 6.07 Å². The molecule has 0 aromatic heterocycles. The number of carbonyl (C=O) groups excluding carboxylic acids is 1. The SMILES string of the molecule is CC(=O)C(Cl)c1cc(C#N)ccc1C(=O)O. The highest BCUT2D eigenvalue weighted by Gasteiger charge is 2.20. The summed E-state index contributed by atoms with van der Waals surface area (Å²) < 4.78 is 0. The number of Topliss-reactive ketones (excluding diaryl/α,β-unsaturated/α-hetero) is 1. The number of benzene rings is 1. The Bertz CT molecular complexity index is 490. The van der Waals surface area contributed by atoms with Gasteiger partial charge in [-0.1, -0.05) is 0 Å². The van der Waals surface area contributed by atoms with Gasteiger partial charge in [0.05, 0.1) is 17.2 Å². The number of rotatable bonds is 3. The van der Waals surface area contributed by atoms with E-state index in [0.717, 1.165) is 0 Å². The quantitative estimate of drug-likeness (QED) is 0.817. The van der Waals surface area contributed by atoms with E-state index in [4.69, 9.17) is 22.0 Å². The third-order valence-corrected chi connectivity index (χ3v) is 2.58. The van der Waals surface area contributed by atoms with E-state index in [1.165, 1.54) is 25.1 Å². The predicted molar refractivity (Wildman–Crippen MR) is 57.4 cm³/mol. The summed E-state index contributed by atoms with van der Waals surface area (Å²) in [5.74, 6) is -1.54. The lowest BCUT2D eigenvalue weighted by molar-refractivity contribution is -0.116. The van der Waals surface area contributed by atoms with Crippen molar-refractivity contribution in [1.82, 2.24) is 0 Å². The third kappa shape index (κ3) is 2.38. The number of carboxylic acids is 1. The van der Waals surface area contributed by atoms with Crippen LogP contribution in [-0.4, -0.2) is 16.9 Å². The molecule has 0 spiro atoms. The van der Waals surface area contributed by atoms with Crippen LogP contribution in [0.15, 0.2) is 18.2 Å². The first-order chi connectivity index (χ1) is 7.47. The molecule has 1 N–H and O–H groups in total. The lowest BCUT2D eigenvalue weighted by Gasteiger charge is -2.09. The highest BCUT2D eigenvalue weighted by Crippen LogP contribution is 2.26. The van der Waals surface area contributed by atoms with Crippen LogP contribution in [0, 0.1) is 11.3 Å². The highest BCUT2D eigenvalue weighted by molar-refractivity contribution is 6.31. The Balaban J connectivity index is 3.38. The van der Waals surface area contributed by atoms with Crippen molar-refractivity contribution < 1.29 is 14.7 Å². The van der Waals surface area contributed by atoms with Gasteiger partial charge in [-0.25, -0.2) is 4.79 Å². The Kier molecular flexibility index (Phi) is 3.64. The van der Waals surface area contributed by atoms with Crippen LogP contribution < -0.4 is 0 Å². The summed E-state index contributed by atoms with van der Waals surface area (Å²) >= 11 is 5.80. The smallest absolute Gasteiger partial charge is 0.336 e. The van der Waals surface area contributed by atoms with Crippen LogP contribution in [0.1, 0.15) is 33.8 Å². The molecule has 1 aromatic carbocycles. The summed E-state index contributed by atoms with van der Waals surface area (Å²) in [5.41, 5.74) is 0.363. The van der Waals surface area contributed by atoms with Crippen molar-refractivity contribution >= 4 is 23.4 Å². The molecule has 4 nitrogen and oxygen atoms in total. The molecule has 0 saturated heterocycles. The standard InChI is InChI=1S/C11H8ClNO3/c1-6(14)10(12)9-4-7(5-13)2-3-8(9)11(15)16/h2-4,10H,1H3,(H,15,16). The van der Waals surface area contributed by atoms with E-state index >= 15 is 0 Å².